The molecule has 1 aromatic heterocycles. The lowest BCUT2D eigenvalue weighted by Crippen LogP contribution is -2.23. The van der Waals surface area contributed by atoms with Gasteiger partial charge in [0.2, 0.25) is 11.8 Å². The van der Waals surface area contributed by atoms with Crippen LogP contribution in [0, 0.1) is 5.82 Å². The molecule has 2 amide bonds. The molecule has 0 saturated carbocycles. The summed E-state index contributed by atoms with van der Waals surface area (Å²) >= 11 is 1.36. The van der Waals surface area contributed by atoms with Crippen molar-refractivity contribution in [2.75, 3.05) is 5.32 Å². The van der Waals surface area contributed by atoms with Crippen LogP contribution >= 0.6 is 11.3 Å². The Morgan fingerprint density at radius 2 is 1.93 bits per heavy atom. The monoisotopic (exact) mass is 411 g/mol. The van der Waals surface area contributed by atoms with Crippen molar-refractivity contribution >= 4 is 28.3 Å². The molecule has 0 radical (unpaired) electrons. The number of amides is 2. The molecular formula is C22H22FN3O2S. The number of carbonyl (C=O) groups is 2. The number of halogens is 1. The van der Waals surface area contributed by atoms with E-state index < -0.39 is 0 Å². The first-order chi connectivity index (χ1) is 13.9. The van der Waals surface area contributed by atoms with Gasteiger partial charge in [-0.25, -0.2) is 9.37 Å². The summed E-state index contributed by atoms with van der Waals surface area (Å²) in [6, 6.07) is 14.0. The average molecular weight is 412 g/mol. The molecule has 29 heavy (non-hydrogen) atoms. The quantitative estimate of drug-likeness (QED) is 0.591. The predicted molar refractivity (Wildman–Crippen MR) is 113 cm³/mol. The van der Waals surface area contributed by atoms with E-state index in [1.54, 1.807) is 12.1 Å². The van der Waals surface area contributed by atoms with Gasteiger partial charge in [0.1, 0.15) is 5.82 Å². The number of hydrogen-bond donors (Lipinski definition) is 2. The highest BCUT2D eigenvalue weighted by Crippen LogP contribution is 2.26. The number of aromatic nitrogens is 1. The molecule has 1 heterocycles. The van der Waals surface area contributed by atoms with Crippen molar-refractivity contribution in [3.63, 3.8) is 0 Å². The van der Waals surface area contributed by atoms with Crippen molar-refractivity contribution in [3.05, 3.63) is 70.9 Å². The summed E-state index contributed by atoms with van der Waals surface area (Å²) in [7, 11) is 0. The van der Waals surface area contributed by atoms with E-state index >= 15 is 0 Å². The number of benzene rings is 2. The molecule has 5 nitrogen and oxygen atoms in total. The molecule has 1 unspecified atom stereocenters. The van der Waals surface area contributed by atoms with Gasteiger partial charge in [-0.2, -0.15) is 0 Å². The Morgan fingerprint density at radius 3 is 2.62 bits per heavy atom. The molecule has 150 valence electrons. The van der Waals surface area contributed by atoms with Crippen molar-refractivity contribution in [3.8, 4) is 11.3 Å². The van der Waals surface area contributed by atoms with Crippen LogP contribution in [0.4, 0.5) is 9.52 Å². The highest BCUT2D eigenvalue weighted by Gasteiger charge is 2.10. The van der Waals surface area contributed by atoms with Crippen molar-refractivity contribution in [1.82, 2.24) is 10.3 Å². The van der Waals surface area contributed by atoms with E-state index in [1.165, 1.54) is 30.4 Å². The molecule has 3 aromatic rings. The molecule has 1 atom stereocenters. The zero-order valence-corrected chi connectivity index (χ0v) is 17.1. The second kappa shape index (κ2) is 9.43. The molecule has 0 saturated heterocycles. The largest absolute Gasteiger partial charge is 0.350 e. The van der Waals surface area contributed by atoms with E-state index in [9.17, 15) is 14.0 Å². The topological polar surface area (TPSA) is 71.1 Å². The lowest BCUT2D eigenvalue weighted by Gasteiger charge is -2.13. The van der Waals surface area contributed by atoms with Gasteiger partial charge in [-0.05, 0) is 36.6 Å². The number of carbonyl (C=O) groups excluding carboxylic acids is 2. The molecule has 0 spiro atoms. The third-order valence-corrected chi connectivity index (χ3v) is 5.16. The second-order valence-corrected chi connectivity index (χ2v) is 7.62. The van der Waals surface area contributed by atoms with Crippen LogP contribution in [-0.4, -0.2) is 16.8 Å². The van der Waals surface area contributed by atoms with Crippen molar-refractivity contribution < 1.29 is 14.0 Å². The fourth-order valence-corrected chi connectivity index (χ4v) is 3.66. The van der Waals surface area contributed by atoms with Gasteiger partial charge in [0, 0.05) is 24.3 Å². The molecule has 2 aromatic carbocycles. The summed E-state index contributed by atoms with van der Waals surface area (Å²) in [6.07, 6.45) is 0.726. The first-order valence-corrected chi connectivity index (χ1v) is 10.2. The summed E-state index contributed by atoms with van der Waals surface area (Å²) in [5.74, 6) is -0.529. The molecule has 3 rings (SSSR count). The molecule has 7 heteroatoms. The Balaban J connectivity index is 1.57. The summed E-state index contributed by atoms with van der Waals surface area (Å²) in [4.78, 5) is 27.8. The van der Waals surface area contributed by atoms with Gasteiger partial charge in [-0.15, -0.1) is 11.3 Å². The van der Waals surface area contributed by atoms with Crippen molar-refractivity contribution in [2.24, 2.45) is 0 Å². The van der Waals surface area contributed by atoms with E-state index in [0.717, 1.165) is 22.4 Å². The predicted octanol–water partition coefficient (Wildman–Crippen LogP) is 4.72. The van der Waals surface area contributed by atoms with Crippen LogP contribution in [-0.2, 0) is 16.0 Å². The van der Waals surface area contributed by atoms with Gasteiger partial charge in [-0.3, -0.25) is 9.59 Å². The molecule has 0 fully saturated rings. The summed E-state index contributed by atoms with van der Waals surface area (Å²) in [5.41, 5.74) is 3.49. The Kier molecular flexibility index (Phi) is 6.72. The smallest absolute Gasteiger partial charge is 0.226 e. The minimum atomic E-state index is -0.301. The second-order valence-electron chi connectivity index (χ2n) is 6.76. The van der Waals surface area contributed by atoms with E-state index in [2.05, 4.69) is 15.6 Å². The SMILES string of the molecule is CC(=O)NC(C)c1ccc(-c2csc(NC(=O)CCc3cccc(F)c3)n2)cc1. The summed E-state index contributed by atoms with van der Waals surface area (Å²) in [5, 5.41) is 8.06. The first kappa shape index (κ1) is 20.7. The van der Waals surface area contributed by atoms with Gasteiger partial charge in [0.25, 0.3) is 0 Å². The fraction of sp³-hybridized carbons (Fsp3) is 0.227. The number of nitrogens with one attached hydrogen (secondary N) is 2. The van der Waals surface area contributed by atoms with Gasteiger partial charge >= 0.3 is 0 Å². The fourth-order valence-electron chi connectivity index (χ4n) is 2.93. The molecule has 0 bridgehead atoms. The summed E-state index contributed by atoms with van der Waals surface area (Å²) in [6.45, 7) is 3.42. The van der Waals surface area contributed by atoms with Crippen LogP contribution < -0.4 is 10.6 Å². The Labute approximate surface area is 173 Å². The lowest BCUT2D eigenvalue weighted by atomic mass is 10.1. The van der Waals surface area contributed by atoms with E-state index in [-0.39, 0.29) is 30.1 Å². The zero-order chi connectivity index (χ0) is 20.8. The third-order valence-electron chi connectivity index (χ3n) is 4.41. The van der Waals surface area contributed by atoms with E-state index in [0.29, 0.717) is 11.6 Å². The zero-order valence-electron chi connectivity index (χ0n) is 16.2. The van der Waals surface area contributed by atoms with Crippen LogP contribution in [0.3, 0.4) is 0 Å². The Morgan fingerprint density at radius 1 is 1.17 bits per heavy atom. The minimum Gasteiger partial charge on any atom is -0.350 e. The molecule has 0 aliphatic heterocycles. The van der Waals surface area contributed by atoms with E-state index in [4.69, 9.17) is 0 Å². The van der Waals surface area contributed by atoms with Crippen LogP contribution in [0.25, 0.3) is 11.3 Å². The minimum absolute atomic E-state index is 0.0649. The third kappa shape index (κ3) is 5.96. The van der Waals surface area contributed by atoms with Crippen LogP contribution in [0.5, 0.6) is 0 Å². The van der Waals surface area contributed by atoms with Crippen molar-refractivity contribution in [2.45, 2.75) is 32.7 Å². The molecule has 2 N–H and O–H groups in total. The van der Waals surface area contributed by atoms with E-state index in [1.807, 2.05) is 36.6 Å². The number of thiazole rings is 1. The van der Waals surface area contributed by atoms with Gasteiger partial charge < -0.3 is 10.6 Å². The van der Waals surface area contributed by atoms with Crippen molar-refractivity contribution in [1.29, 1.82) is 0 Å². The maximum absolute atomic E-state index is 13.2. The summed E-state index contributed by atoms with van der Waals surface area (Å²) < 4.78 is 13.2. The number of hydrogen-bond acceptors (Lipinski definition) is 4. The van der Waals surface area contributed by atoms with Crippen LogP contribution in [0.2, 0.25) is 0 Å². The van der Waals surface area contributed by atoms with Gasteiger partial charge in [0.05, 0.1) is 11.7 Å². The van der Waals surface area contributed by atoms with Crippen LogP contribution in [0.15, 0.2) is 53.9 Å². The van der Waals surface area contributed by atoms with Gasteiger partial charge in [0.15, 0.2) is 5.13 Å². The number of rotatable bonds is 7. The maximum atomic E-state index is 13.2. The average Bonchev–Trinajstić information content (AvgIpc) is 3.14. The maximum Gasteiger partial charge on any atom is 0.226 e. The number of nitrogens with zero attached hydrogens (tertiary/aromatic N) is 1. The molecule has 0 aliphatic rings. The molecule has 0 aliphatic carbocycles. The first-order valence-electron chi connectivity index (χ1n) is 9.28. The lowest BCUT2D eigenvalue weighted by molar-refractivity contribution is -0.119. The highest BCUT2D eigenvalue weighted by molar-refractivity contribution is 7.14. The Bertz CT molecular complexity index is 1000. The molecular weight excluding hydrogens is 389 g/mol. The standard InChI is InChI=1S/C22H22FN3O2S/c1-14(24-15(2)27)17-7-9-18(10-8-17)20-13-29-22(25-20)26-21(28)11-6-16-4-3-5-19(23)12-16/h3-5,7-10,12-14H,6,11H2,1-2H3,(H,24,27)(H,25,26,28). The number of aryl methyl sites for hydroxylation is 1. The van der Waals surface area contributed by atoms with Gasteiger partial charge in [-0.1, -0.05) is 36.4 Å². The Hall–Kier alpha value is -3.06. The van der Waals surface area contributed by atoms with Crippen LogP contribution in [0.1, 0.15) is 37.4 Å². The normalized spacial score (nSPS) is 11.7. The highest BCUT2D eigenvalue weighted by atomic mass is 32.1. The number of anilines is 1.